The third-order valence-electron chi connectivity index (χ3n) is 5.35. The first-order chi connectivity index (χ1) is 18.2. The van der Waals surface area contributed by atoms with Gasteiger partial charge in [0.15, 0.2) is 6.61 Å². The highest BCUT2D eigenvalue weighted by Gasteiger charge is 2.35. The first kappa shape index (κ1) is 26.6. The summed E-state index contributed by atoms with van der Waals surface area (Å²) >= 11 is 3.37. The summed E-state index contributed by atoms with van der Waals surface area (Å²) in [4.78, 5) is 50.3. The van der Waals surface area contributed by atoms with Gasteiger partial charge < -0.3 is 20.7 Å². The van der Waals surface area contributed by atoms with Crippen molar-refractivity contribution in [1.29, 1.82) is 0 Å². The lowest BCUT2D eigenvalue weighted by atomic mass is 10.2. The van der Waals surface area contributed by atoms with Crippen LogP contribution in [0.25, 0.3) is 6.08 Å². The summed E-state index contributed by atoms with van der Waals surface area (Å²) in [6.07, 6.45) is 1.47. The lowest BCUT2D eigenvalue weighted by Crippen LogP contribution is -2.38. The van der Waals surface area contributed by atoms with Crippen LogP contribution in [0.5, 0.6) is 5.75 Å². The number of carbonyl (C=O) groups is 4. The molecule has 0 unspecified atom stereocenters. The molecule has 4 rings (SSSR count). The number of nitrogens with zero attached hydrogens (tertiary/aromatic N) is 1. The van der Waals surface area contributed by atoms with E-state index in [-0.39, 0.29) is 12.3 Å². The molecule has 38 heavy (non-hydrogen) atoms. The van der Waals surface area contributed by atoms with Gasteiger partial charge in [-0.25, -0.2) is 14.1 Å². The van der Waals surface area contributed by atoms with Gasteiger partial charge in [-0.05, 0) is 83.0 Å². The maximum atomic E-state index is 13.0. The molecule has 0 bridgehead atoms. The molecule has 0 aliphatic carbocycles. The van der Waals surface area contributed by atoms with Crippen molar-refractivity contribution >= 4 is 57.1 Å². The molecular formula is C27H22BrFN4O5. The molecule has 1 aliphatic rings. The van der Waals surface area contributed by atoms with Gasteiger partial charge in [-0.15, -0.1) is 0 Å². The summed E-state index contributed by atoms with van der Waals surface area (Å²) in [5.74, 6) is -1.61. The maximum absolute atomic E-state index is 13.0. The van der Waals surface area contributed by atoms with Gasteiger partial charge in [0.25, 0.3) is 11.8 Å². The van der Waals surface area contributed by atoms with Crippen molar-refractivity contribution in [2.45, 2.75) is 6.92 Å². The Balaban J connectivity index is 1.34. The zero-order chi connectivity index (χ0) is 27.2. The number of hydrogen-bond donors (Lipinski definition) is 3. The predicted molar refractivity (Wildman–Crippen MR) is 143 cm³/mol. The lowest BCUT2D eigenvalue weighted by Gasteiger charge is -2.12. The van der Waals surface area contributed by atoms with Crippen LogP contribution >= 0.6 is 15.9 Å². The quantitative estimate of drug-likeness (QED) is 0.269. The van der Waals surface area contributed by atoms with Gasteiger partial charge >= 0.3 is 6.03 Å². The summed E-state index contributed by atoms with van der Waals surface area (Å²) in [5, 5.41) is 7.72. The van der Waals surface area contributed by atoms with Gasteiger partial charge in [0.2, 0.25) is 5.91 Å². The standard InChI is InChI=1S/C27H22BrFN4O5/c1-16-2-7-19(8-3-16)30-24(34)14-33-26(36)22(32-27(33)37)13-17-4-11-23(21(28)12-17)38-15-25(35)31-20-9-5-18(29)6-10-20/h2-13H,14-15H2,1H3,(H,30,34)(H,31,35)(H,32,37). The number of ether oxygens (including phenoxy) is 1. The number of imide groups is 1. The zero-order valence-electron chi connectivity index (χ0n) is 20.1. The molecule has 1 aliphatic heterocycles. The number of rotatable bonds is 8. The molecule has 0 atom stereocenters. The molecule has 3 aromatic carbocycles. The molecule has 3 N–H and O–H groups in total. The van der Waals surface area contributed by atoms with E-state index in [1.807, 2.05) is 19.1 Å². The summed E-state index contributed by atoms with van der Waals surface area (Å²) < 4.78 is 19.0. The van der Waals surface area contributed by atoms with E-state index in [9.17, 15) is 23.6 Å². The largest absolute Gasteiger partial charge is 0.483 e. The van der Waals surface area contributed by atoms with Crippen LogP contribution in [0.1, 0.15) is 11.1 Å². The number of aryl methyl sites for hydroxylation is 1. The molecule has 3 aromatic rings. The van der Waals surface area contributed by atoms with Crippen LogP contribution in [0.4, 0.5) is 20.6 Å². The molecule has 194 valence electrons. The second-order valence-electron chi connectivity index (χ2n) is 8.33. The third-order valence-corrected chi connectivity index (χ3v) is 5.97. The van der Waals surface area contributed by atoms with Crippen molar-refractivity contribution in [1.82, 2.24) is 10.2 Å². The molecule has 0 aromatic heterocycles. The topological polar surface area (TPSA) is 117 Å². The third kappa shape index (κ3) is 6.83. The zero-order valence-corrected chi connectivity index (χ0v) is 21.7. The van der Waals surface area contributed by atoms with Crippen LogP contribution in [0, 0.1) is 12.7 Å². The van der Waals surface area contributed by atoms with E-state index in [4.69, 9.17) is 4.74 Å². The van der Waals surface area contributed by atoms with E-state index in [1.165, 1.54) is 30.3 Å². The van der Waals surface area contributed by atoms with E-state index in [0.717, 1.165) is 10.5 Å². The average molecular weight is 581 g/mol. The maximum Gasteiger partial charge on any atom is 0.329 e. The Morgan fingerprint density at radius 1 is 0.974 bits per heavy atom. The highest BCUT2D eigenvalue weighted by molar-refractivity contribution is 9.10. The minimum Gasteiger partial charge on any atom is -0.483 e. The molecule has 11 heteroatoms. The Hall–Kier alpha value is -4.51. The summed E-state index contributed by atoms with van der Waals surface area (Å²) in [7, 11) is 0. The smallest absolute Gasteiger partial charge is 0.329 e. The number of amides is 5. The first-order valence-corrected chi connectivity index (χ1v) is 12.2. The van der Waals surface area contributed by atoms with E-state index >= 15 is 0 Å². The predicted octanol–water partition coefficient (Wildman–Crippen LogP) is 4.45. The molecular weight excluding hydrogens is 559 g/mol. The van der Waals surface area contributed by atoms with Crippen LogP contribution in [-0.2, 0) is 14.4 Å². The number of hydrogen-bond acceptors (Lipinski definition) is 5. The normalized spacial score (nSPS) is 13.9. The molecule has 9 nitrogen and oxygen atoms in total. The van der Waals surface area contributed by atoms with E-state index in [1.54, 1.807) is 30.3 Å². The van der Waals surface area contributed by atoms with E-state index in [2.05, 4.69) is 31.9 Å². The molecule has 0 radical (unpaired) electrons. The first-order valence-electron chi connectivity index (χ1n) is 11.4. The fourth-order valence-electron chi connectivity index (χ4n) is 3.46. The summed E-state index contributed by atoms with van der Waals surface area (Å²) in [6.45, 7) is 1.19. The van der Waals surface area contributed by atoms with Crippen molar-refractivity contribution in [3.05, 3.63) is 93.8 Å². The summed E-state index contributed by atoms with van der Waals surface area (Å²) in [6, 6.07) is 16.6. The van der Waals surface area contributed by atoms with Gasteiger partial charge in [0.1, 0.15) is 23.8 Å². The van der Waals surface area contributed by atoms with Crippen LogP contribution < -0.4 is 20.7 Å². The van der Waals surface area contributed by atoms with Gasteiger partial charge in [-0.3, -0.25) is 14.4 Å². The number of halogens is 2. The Morgan fingerprint density at radius 2 is 1.61 bits per heavy atom. The van der Waals surface area contributed by atoms with Crippen LogP contribution in [0.2, 0.25) is 0 Å². The molecule has 0 saturated carbocycles. The molecule has 5 amide bonds. The Labute approximate surface area is 225 Å². The van der Waals surface area contributed by atoms with E-state index < -0.39 is 36.1 Å². The van der Waals surface area contributed by atoms with E-state index in [0.29, 0.717) is 27.2 Å². The van der Waals surface area contributed by atoms with Crippen LogP contribution in [0.15, 0.2) is 76.9 Å². The minimum atomic E-state index is -0.702. The Kier molecular flexibility index (Phi) is 8.17. The minimum absolute atomic E-state index is 0.0115. The Bertz CT molecular complexity index is 1420. The van der Waals surface area contributed by atoms with Gasteiger partial charge in [-0.2, -0.15) is 0 Å². The second kappa shape index (κ2) is 11.7. The van der Waals surface area contributed by atoms with Crippen molar-refractivity contribution in [2.24, 2.45) is 0 Å². The fourth-order valence-corrected chi connectivity index (χ4v) is 3.97. The number of anilines is 2. The number of benzene rings is 3. The highest BCUT2D eigenvalue weighted by atomic mass is 79.9. The SMILES string of the molecule is Cc1ccc(NC(=O)CN2C(=O)NC(=Cc3ccc(OCC(=O)Nc4ccc(F)cc4)c(Br)c3)C2=O)cc1. The van der Waals surface area contributed by atoms with Gasteiger partial charge in [-0.1, -0.05) is 23.8 Å². The van der Waals surface area contributed by atoms with Crippen molar-refractivity contribution in [3.63, 3.8) is 0 Å². The van der Waals surface area contributed by atoms with Crippen LogP contribution in [0.3, 0.4) is 0 Å². The molecule has 1 fully saturated rings. The Morgan fingerprint density at radius 3 is 2.26 bits per heavy atom. The fraction of sp³-hybridized carbons (Fsp3) is 0.111. The average Bonchev–Trinajstić information content (AvgIpc) is 3.13. The van der Waals surface area contributed by atoms with Crippen molar-refractivity contribution in [2.75, 3.05) is 23.8 Å². The second-order valence-corrected chi connectivity index (χ2v) is 9.18. The van der Waals surface area contributed by atoms with Crippen LogP contribution in [-0.4, -0.2) is 41.8 Å². The summed E-state index contributed by atoms with van der Waals surface area (Å²) in [5.41, 5.74) is 2.60. The molecule has 0 spiro atoms. The van der Waals surface area contributed by atoms with Gasteiger partial charge in [0, 0.05) is 11.4 Å². The van der Waals surface area contributed by atoms with Gasteiger partial charge in [0.05, 0.1) is 4.47 Å². The number of urea groups is 1. The highest BCUT2D eigenvalue weighted by Crippen LogP contribution is 2.27. The number of carbonyl (C=O) groups excluding carboxylic acids is 4. The monoisotopic (exact) mass is 580 g/mol. The van der Waals surface area contributed by atoms with Crippen molar-refractivity contribution in [3.8, 4) is 5.75 Å². The molecule has 1 heterocycles. The lowest BCUT2D eigenvalue weighted by molar-refractivity contribution is -0.127. The molecule has 1 saturated heterocycles. The van der Waals surface area contributed by atoms with Crippen molar-refractivity contribution < 1.29 is 28.3 Å². The number of nitrogens with one attached hydrogen (secondary N) is 3.